The second-order valence-electron chi connectivity index (χ2n) is 4.29. The summed E-state index contributed by atoms with van der Waals surface area (Å²) in [6.07, 6.45) is 1.13. The molecule has 5 nitrogen and oxygen atoms in total. The number of benzene rings is 2. The van der Waals surface area contributed by atoms with Crippen LogP contribution in [0.1, 0.15) is 0 Å². The second kappa shape index (κ2) is 6.90. The Morgan fingerprint density at radius 2 is 1.86 bits per heavy atom. The molecule has 6 heteroatoms. The van der Waals surface area contributed by atoms with Gasteiger partial charge < -0.3 is 15.7 Å². The number of para-hydroxylation sites is 1. The molecule has 0 atom stereocenters. The molecule has 0 radical (unpaired) electrons. The Labute approximate surface area is 126 Å². The van der Waals surface area contributed by atoms with Crippen molar-refractivity contribution in [2.45, 2.75) is 0 Å². The molecule has 0 aliphatic rings. The molecule has 0 saturated carbocycles. The van der Waals surface area contributed by atoms with Crippen LogP contribution in [0.5, 0.6) is 5.75 Å². The predicted molar refractivity (Wildman–Crippen MR) is 80.5 cm³/mol. The molecular formula is C16H12FN3O2. The smallest absolute Gasteiger partial charge is 0.267 e. The van der Waals surface area contributed by atoms with Crippen molar-refractivity contribution in [1.29, 1.82) is 5.26 Å². The standard InChI is InChI=1S/C16H12FN3O2/c17-14-3-1-2-4-15(14)19-10-11(9-18)16(22)20-12-5-7-13(21)8-6-12/h1-8,10,19,21H,(H,20,22)/b11-10-. The van der Waals surface area contributed by atoms with Crippen LogP contribution >= 0.6 is 0 Å². The number of nitriles is 1. The van der Waals surface area contributed by atoms with Crippen LogP contribution in [-0.2, 0) is 4.79 Å². The number of phenolic OH excluding ortho intramolecular Hbond substituents is 1. The molecule has 0 spiro atoms. The molecule has 0 fully saturated rings. The highest BCUT2D eigenvalue weighted by atomic mass is 19.1. The molecule has 0 unspecified atom stereocenters. The van der Waals surface area contributed by atoms with E-state index in [9.17, 15) is 9.18 Å². The Kier molecular flexibility index (Phi) is 4.73. The number of phenols is 1. The van der Waals surface area contributed by atoms with Gasteiger partial charge in [0.2, 0.25) is 0 Å². The molecule has 2 rings (SSSR count). The van der Waals surface area contributed by atoms with Crippen LogP contribution in [0.2, 0.25) is 0 Å². The highest BCUT2D eigenvalue weighted by Gasteiger charge is 2.09. The molecule has 1 amide bonds. The summed E-state index contributed by atoms with van der Waals surface area (Å²) in [6.45, 7) is 0. The predicted octanol–water partition coefficient (Wildman–Crippen LogP) is 2.99. The van der Waals surface area contributed by atoms with Gasteiger partial charge in [-0.3, -0.25) is 4.79 Å². The number of aromatic hydroxyl groups is 1. The lowest BCUT2D eigenvalue weighted by molar-refractivity contribution is -0.112. The number of halogens is 1. The van der Waals surface area contributed by atoms with Gasteiger partial charge in [-0.05, 0) is 36.4 Å². The van der Waals surface area contributed by atoms with Crippen molar-refractivity contribution >= 4 is 17.3 Å². The van der Waals surface area contributed by atoms with Crippen molar-refractivity contribution in [1.82, 2.24) is 0 Å². The quantitative estimate of drug-likeness (QED) is 0.460. The SMILES string of the molecule is N#C/C(=C/Nc1ccccc1F)C(=O)Nc1ccc(O)cc1. The maximum atomic E-state index is 13.4. The Morgan fingerprint density at radius 3 is 2.50 bits per heavy atom. The first-order valence-corrected chi connectivity index (χ1v) is 6.32. The van der Waals surface area contributed by atoms with Gasteiger partial charge in [0.15, 0.2) is 0 Å². The van der Waals surface area contributed by atoms with E-state index < -0.39 is 11.7 Å². The molecule has 2 aromatic rings. The first-order chi connectivity index (χ1) is 10.6. The molecule has 22 heavy (non-hydrogen) atoms. The maximum Gasteiger partial charge on any atom is 0.267 e. The fraction of sp³-hybridized carbons (Fsp3) is 0. The van der Waals surface area contributed by atoms with Crippen LogP contribution in [0.4, 0.5) is 15.8 Å². The van der Waals surface area contributed by atoms with Crippen molar-refractivity contribution in [3.05, 3.63) is 66.1 Å². The zero-order valence-corrected chi connectivity index (χ0v) is 11.4. The van der Waals surface area contributed by atoms with E-state index in [1.54, 1.807) is 12.1 Å². The van der Waals surface area contributed by atoms with E-state index in [2.05, 4.69) is 10.6 Å². The van der Waals surface area contributed by atoms with E-state index in [-0.39, 0.29) is 17.0 Å². The van der Waals surface area contributed by atoms with E-state index in [1.165, 1.54) is 42.5 Å². The van der Waals surface area contributed by atoms with Gasteiger partial charge in [0.05, 0.1) is 5.69 Å². The number of rotatable bonds is 4. The fourth-order valence-electron chi connectivity index (χ4n) is 1.62. The topological polar surface area (TPSA) is 85.2 Å². The molecule has 110 valence electrons. The summed E-state index contributed by atoms with van der Waals surface area (Å²) in [5.74, 6) is -1.07. The van der Waals surface area contributed by atoms with Crippen LogP contribution in [0.25, 0.3) is 0 Å². The second-order valence-corrected chi connectivity index (χ2v) is 4.29. The normalized spacial score (nSPS) is 10.6. The lowest BCUT2D eigenvalue weighted by Gasteiger charge is -2.05. The van der Waals surface area contributed by atoms with Crippen molar-refractivity contribution in [2.75, 3.05) is 10.6 Å². The largest absolute Gasteiger partial charge is 0.508 e. The average Bonchev–Trinajstić information content (AvgIpc) is 2.52. The first kappa shape index (κ1) is 15.1. The van der Waals surface area contributed by atoms with Crippen molar-refractivity contribution in [3.8, 4) is 11.8 Å². The van der Waals surface area contributed by atoms with Gasteiger partial charge in [0.25, 0.3) is 5.91 Å². The number of nitrogens with one attached hydrogen (secondary N) is 2. The summed E-state index contributed by atoms with van der Waals surface area (Å²) in [5.41, 5.74) is 0.374. The third-order valence-electron chi connectivity index (χ3n) is 2.74. The minimum Gasteiger partial charge on any atom is -0.508 e. The fourth-order valence-corrected chi connectivity index (χ4v) is 1.62. The molecule has 0 heterocycles. The summed E-state index contributed by atoms with van der Waals surface area (Å²) in [7, 11) is 0. The number of carbonyl (C=O) groups is 1. The molecule has 0 aliphatic carbocycles. The molecule has 3 N–H and O–H groups in total. The number of hydrogen-bond donors (Lipinski definition) is 3. The number of hydrogen-bond acceptors (Lipinski definition) is 4. The van der Waals surface area contributed by atoms with Gasteiger partial charge >= 0.3 is 0 Å². The molecular weight excluding hydrogens is 285 g/mol. The van der Waals surface area contributed by atoms with Crippen LogP contribution in [0.15, 0.2) is 60.3 Å². The van der Waals surface area contributed by atoms with E-state index in [4.69, 9.17) is 10.4 Å². The molecule has 0 aliphatic heterocycles. The van der Waals surface area contributed by atoms with Crippen molar-refractivity contribution in [3.63, 3.8) is 0 Å². The summed E-state index contributed by atoms with van der Waals surface area (Å²) < 4.78 is 13.4. The first-order valence-electron chi connectivity index (χ1n) is 6.32. The lowest BCUT2D eigenvalue weighted by Crippen LogP contribution is -2.14. The Balaban J connectivity index is 2.09. The van der Waals surface area contributed by atoms with Gasteiger partial charge in [0.1, 0.15) is 23.2 Å². The van der Waals surface area contributed by atoms with Gasteiger partial charge in [-0.15, -0.1) is 0 Å². The van der Waals surface area contributed by atoms with Crippen molar-refractivity contribution in [2.24, 2.45) is 0 Å². The van der Waals surface area contributed by atoms with Crippen LogP contribution in [-0.4, -0.2) is 11.0 Å². The Morgan fingerprint density at radius 1 is 1.18 bits per heavy atom. The molecule has 0 bridgehead atoms. The maximum absolute atomic E-state index is 13.4. The zero-order chi connectivity index (χ0) is 15.9. The van der Waals surface area contributed by atoms with Gasteiger partial charge in [-0.2, -0.15) is 5.26 Å². The molecule has 0 saturated heterocycles. The highest BCUT2D eigenvalue weighted by Crippen LogP contribution is 2.15. The molecule has 0 aromatic heterocycles. The summed E-state index contributed by atoms with van der Waals surface area (Å²) in [6, 6.07) is 13.4. The van der Waals surface area contributed by atoms with E-state index in [1.807, 2.05) is 0 Å². The number of anilines is 2. The van der Waals surface area contributed by atoms with Crippen LogP contribution < -0.4 is 10.6 Å². The number of amides is 1. The highest BCUT2D eigenvalue weighted by molar-refractivity contribution is 6.06. The van der Waals surface area contributed by atoms with Gasteiger partial charge in [0, 0.05) is 11.9 Å². The average molecular weight is 297 g/mol. The third-order valence-corrected chi connectivity index (χ3v) is 2.74. The zero-order valence-electron chi connectivity index (χ0n) is 11.4. The minimum absolute atomic E-state index is 0.0651. The monoisotopic (exact) mass is 297 g/mol. The van der Waals surface area contributed by atoms with E-state index in [0.29, 0.717) is 5.69 Å². The number of carbonyl (C=O) groups excluding carboxylic acids is 1. The lowest BCUT2D eigenvalue weighted by atomic mass is 10.2. The van der Waals surface area contributed by atoms with Crippen LogP contribution in [0.3, 0.4) is 0 Å². The minimum atomic E-state index is -0.642. The summed E-state index contributed by atoms with van der Waals surface area (Å²) >= 11 is 0. The van der Waals surface area contributed by atoms with Gasteiger partial charge in [-0.1, -0.05) is 12.1 Å². The van der Waals surface area contributed by atoms with Gasteiger partial charge in [-0.25, -0.2) is 4.39 Å². The molecule has 2 aromatic carbocycles. The Bertz CT molecular complexity index is 749. The van der Waals surface area contributed by atoms with E-state index in [0.717, 1.165) is 6.20 Å². The summed E-state index contributed by atoms with van der Waals surface area (Å²) in [4.78, 5) is 11.9. The van der Waals surface area contributed by atoms with E-state index >= 15 is 0 Å². The third kappa shape index (κ3) is 3.84. The summed E-state index contributed by atoms with van der Waals surface area (Å²) in [5, 5.41) is 23.2. The number of nitrogens with zero attached hydrogens (tertiary/aromatic N) is 1. The van der Waals surface area contributed by atoms with Crippen LogP contribution in [0, 0.1) is 17.1 Å². The Hall–Kier alpha value is -3.33. The van der Waals surface area contributed by atoms with Crippen molar-refractivity contribution < 1.29 is 14.3 Å².